The molecule has 0 aliphatic heterocycles. The van der Waals surface area contributed by atoms with Crippen LogP contribution in [0.1, 0.15) is 40.0 Å². The van der Waals surface area contributed by atoms with Crippen molar-refractivity contribution in [2.45, 2.75) is 57.8 Å². The Bertz CT molecular complexity index is 128. The zero-order valence-electron chi connectivity index (χ0n) is 7.76. The maximum Gasteiger partial charge on any atom is 0.0602 e. The van der Waals surface area contributed by atoms with Gasteiger partial charge in [0.05, 0.1) is 11.7 Å². The van der Waals surface area contributed by atoms with Crippen LogP contribution in [0.4, 0.5) is 0 Å². The second-order valence-electron chi connectivity index (χ2n) is 4.43. The maximum atomic E-state index is 5.79. The van der Waals surface area contributed by atoms with Crippen LogP contribution in [-0.2, 0) is 4.74 Å². The molecule has 0 bridgehead atoms. The van der Waals surface area contributed by atoms with Crippen LogP contribution < -0.4 is 5.73 Å². The molecule has 1 saturated carbocycles. The van der Waals surface area contributed by atoms with E-state index in [1.165, 1.54) is 0 Å². The Labute approximate surface area is 69.1 Å². The summed E-state index contributed by atoms with van der Waals surface area (Å²) in [7, 11) is 0. The first-order valence-corrected chi connectivity index (χ1v) is 4.41. The van der Waals surface area contributed by atoms with Gasteiger partial charge in [-0.25, -0.2) is 0 Å². The normalized spacial score (nSPS) is 32.7. The summed E-state index contributed by atoms with van der Waals surface area (Å²) >= 11 is 0. The van der Waals surface area contributed by atoms with Crippen molar-refractivity contribution in [1.82, 2.24) is 0 Å². The summed E-state index contributed by atoms with van der Waals surface area (Å²) in [5, 5.41) is 0. The molecule has 0 aromatic carbocycles. The second kappa shape index (κ2) is 3.11. The van der Waals surface area contributed by atoms with E-state index in [-0.39, 0.29) is 5.60 Å². The minimum Gasteiger partial charge on any atom is -0.373 e. The molecule has 0 radical (unpaired) electrons. The lowest BCUT2D eigenvalue weighted by atomic mass is 10.1. The van der Waals surface area contributed by atoms with Gasteiger partial charge in [0.2, 0.25) is 0 Å². The molecule has 2 nitrogen and oxygen atoms in total. The summed E-state index contributed by atoms with van der Waals surface area (Å²) in [6.45, 7) is 6.28. The van der Waals surface area contributed by atoms with Crippen LogP contribution in [0, 0.1) is 0 Å². The highest BCUT2D eigenvalue weighted by Gasteiger charge is 2.26. The number of nitrogens with two attached hydrogens (primary N) is 1. The van der Waals surface area contributed by atoms with Gasteiger partial charge >= 0.3 is 0 Å². The van der Waals surface area contributed by atoms with E-state index in [4.69, 9.17) is 10.5 Å². The molecule has 0 spiro atoms. The molecule has 0 saturated heterocycles. The maximum absolute atomic E-state index is 5.79. The lowest BCUT2D eigenvalue weighted by molar-refractivity contribution is -0.0562. The van der Waals surface area contributed by atoms with Crippen LogP contribution in [0.15, 0.2) is 0 Å². The quantitative estimate of drug-likeness (QED) is 0.628. The predicted molar refractivity (Wildman–Crippen MR) is 46.5 cm³/mol. The summed E-state index contributed by atoms with van der Waals surface area (Å²) in [5.74, 6) is 0. The highest BCUT2D eigenvalue weighted by Crippen LogP contribution is 2.24. The van der Waals surface area contributed by atoms with Gasteiger partial charge in [0.15, 0.2) is 0 Å². The number of ether oxygens (including phenoxy) is 1. The van der Waals surface area contributed by atoms with Gasteiger partial charge in [0, 0.05) is 6.04 Å². The highest BCUT2D eigenvalue weighted by atomic mass is 16.5. The topological polar surface area (TPSA) is 35.2 Å². The van der Waals surface area contributed by atoms with E-state index in [0.717, 1.165) is 19.3 Å². The Morgan fingerprint density at radius 2 is 1.91 bits per heavy atom. The van der Waals surface area contributed by atoms with E-state index in [2.05, 4.69) is 20.8 Å². The first kappa shape index (κ1) is 9.01. The fourth-order valence-corrected chi connectivity index (χ4v) is 1.58. The monoisotopic (exact) mass is 157 g/mol. The third-order valence-electron chi connectivity index (χ3n) is 1.95. The summed E-state index contributed by atoms with van der Waals surface area (Å²) in [6, 6.07) is 0.377. The van der Waals surface area contributed by atoms with E-state index in [1.807, 2.05) is 0 Å². The molecule has 2 N–H and O–H groups in total. The van der Waals surface area contributed by atoms with Crippen molar-refractivity contribution < 1.29 is 4.74 Å². The lowest BCUT2D eigenvalue weighted by Crippen LogP contribution is -2.27. The van der Waals surface area contributed by atoms with Gasteiger partial charge in [-0.05, 0) is 40.0 Å². The summed E-state index contributed by atoms with van der Waals surface area (Å²) < 4.78 is 5.79. The Hall–Kier alpha value is -0.0800. The average molecular weight is 157 g/mol. The van der Waals surface area contributed by atoms with Crippen molar-refractivity contribution in [3.8, 4) is 0 Å². The molecule has 1 aliphatic carbocycles. The second-order valence-corrected chi connectivity index (χ2v) is 4.43. The first-order valence-electron chi connectivity index (χ1n) is 4.41. The van der Waals surface area contributed by atoms with Gasteiger partial charge in [-0.3, -0.25) is 0 Å². The highest BCUT2D eigenvalue weighted by molar-refractivity contribution is 4.80. The van der Waals surface area contributed by atoms with Gasteiger partial charge in [0.25, 0.3) is 0 Å². The summed E-state index contributed by atoms with van der Waals surface area (Å²) in [5.41, 5.74) is 5.76. The standard InChI is InChI=1S/C9H19NO/c1-9(2,3)11-8-5-4-7(10)6-8/h7-8H,4-6,10H2,1-3H3/t7-,8+/m0/s1. The van der Waals surface area contributed by atoms with Crippen molar-refractivity contribution in [1.29, 1.82) is 0 Å². The SMILES string of the molecule is CC(C)(C)O[C@@H]1CC[C@H](N)C1. The third-order valence-corrected chi connectivity index (χ3v) is 1.95. The zero-order chi connectivity index (χ0) is 8.48. The lowest BCUT2D eigenvalue weighted by Gasteiger charge is -2.24. The van der Waals surface area contributed by atoms with Crippen molar-refractivity contribution in [3.63, 3.8) is 0 Å². The molecular formula is C9H19NO. The number of hydrogen-bond donors (Lipinski definition) is 1. The van der Waals surface area contributed by atoms with E-state index in [9.17, 15) is 0 Å². The van der Waals surface area contributed by atoms with E-state index in [1.54, 1.807) is 0 Å². The molecule has 1 fully saturated rings. The van der Waals surface area contributed by atoms with Crippen LogP contribution in [-0.4, -0.2) is 17.7 Å². The van der Waals surface area contributed by atoms with Gasteiger partial charge in [-0.2, -0.15) is 0 Å². The van der Waals surface area contributed by atoms with Crippen molar-refractivity contribution in [2.24, 2.45) is 5.73 Å². The van der Waals surface area contributed by atoms with Crippen LogP contribution >= 0.6 is 0 Å². The smallest absolute Gasteiger partial charge is 0.0602 e. The largest absolute Gasteiger partial charge is 0.373 e. The molecule has 0 aromatic heterocycles. The predicted octanol–water partition coefficient (Wildman–Crippen LogP) is 1.68. The molecule has 0 aromatic rings. The third kappa shape index (κ3) is 3.21. The van der Waals surface area contributed by atoms with Crippen molar-refractivity contribution in [3.05, 3.63) is 0 Å². The average Bonchev–Trinajstić information content (AvgIpc) is 2.10. The minimum atomic E-state index is -0.00523. The Morgan fingerprint density at radius 3 is 2.27 bits per heavy atom. The fourth-order valence-electron chi connectivity index (χ4n) is 1.58. The van der Waals surface area contributed by atoms with Crippen LogP contribution in [0.25, 0.3) is 0 Å². The van der Waals surface area contributed by atoms with E-state index < -0.39 is 0 Å². The summed E-state index contributed by atoms with van der Waals surface area (Å²) in [6.07, 6.45) is 3.71. The van der Waals surface area contributed by atoms with Gasteiger partial charge in [-0.1, -0.05) is 0 Å². The molecule has 0 unspecified atom stereocenters. The van der Waals surface area contributed by atoms with Crippen LogP contribution in [0.2, 0.25) is 0 Å². The summed E-state index contributed by atoms with van der Waals surface area (Å²) in [4.78, 5) is 0. The Kier molecular flexibility index (Phi) is 2.55. The van der Waals surface area contributed by atoms with E-state index in [0.29, 0.717) is 12.1 Å². The number of hydrogen-bond acceptors (Lipinski definition) is 2. The molecule has 2 heteroatoms. The molecule has 11 heavy (non-hydrogen) atoms. The Morgan fingerprint density at radius 1 is 1.27 bits per heavy atom. The molecule has 0 amide bonds. The van der Waals surface area contributed by atoms with Crippen LogP contribution in [0.5, 0.6) is 0 Å². The number of rotatable bonds is 1. The molecule has 1 aliphatic rings. The first-order chi connectivity index (χ1) is 4.97. The zero-order valence-corrected chi connectivity index (χ0v) is 7.76. The van der Waals surface area contributed by atoms with E-state index >= 15 is 0 Å². The van der Waals surface area contributed by atoms with Gasteiger partial charge in [-0.15, -0.1) is 0 Å². The fraction of sp³-hybridized carbons (Fsp3) is 1.00. The van der Waals surface area contributed by atoms with Gasteiger partial charge < -0.3 is 10.5 Å². The van der Waals surface area contributed by atoms with Crippen molar-refractivity contribution >= 4 is 0 Å². The van der Waals surface area contributed by atoms with Gasteiger partial charge in [0.1, 0.15) is 0 Å². The molecule has 0 heterocycles. The Balaban J connectivity index is 2.29. The molecule has 2 atom stereocenters. The molecular weight excluding hydrogens is 138 g/mol. The van der Waals surface area contributed by atoms with Crippen molar-refractivity contribution in [2.75, 3.05) is 0 Å². The minimum absolute atomic E-state index is 0.00523. The molecule has 66 valence electrons. The molecule has 1 rings (SSSR count). The van der Waals surface area contributed by atoms with Crippen LogP contribution in [0.3, 0.4) is 0 Å².